The lowest BCUT2D eigenvalue weighted by Gasteiger charge is -2.35. The third-order valence-corrected chi connectivity index (χ3v) is 8.37. The van der Waals surface area contributed by atoms with Crippen molar-refractivity contribution < 1.29 is 4.21 Å². The van der Waals surface area contributed by atoms with Gasteiger partial charge in [-0.15, -0.1) is 10.8 Å². The summed E-state index contributed by atoms with van der Waals surface area (Å²) in [4.78, 5) is 0. The fourth-order valence-corrected chi connectivity index (χ4v) is 3.26. The summed E-state index contributed by atoms with van der Waals surface area (Å²) < 4.78 is 14.7. The molecule has 5 heteroatoms. The molecule has 0 heterocycles. The highest BCUT2D eigenvalue weighted by atomic mass is 32.2. The Morgan fingerprint density at radius 3 is 1.82 bits per heavy atom. The third-order valence-electron chi connectivity index (χ3n) is 2.15. The van der Waals surface area contributed by atoms with Crippen LogP contribution in [-0.2, 0) is 15.0 Å². The van der Waals surface area contributed by atoms with E-state index in [0.717, 1.165) is 0 Å². The maximum Gasteiger partial charge on any atom is 0.150 e. The molecule has 0 spiro atoms. The van der Waals surface area contributed by atoms with Crippen molar-refractivity contribution in [3.63, 3.8) is 0 Å². The smallest absolute Gasteiger partial charge is 0.150 e. The molecule has 68 valence electrons. The highest BCUT2D eigenvalue weighted by molar-refractivity contribution is 7.73. The molecule has 0 amide bonds. The van der Waals surface area contributed by atoms with Gasteiger partial charge < -0.3 is 13.4 Å². The van der Waals surface area contributed by atoms with Crippen molar-refractivity contribution in [2.24, 2.45) is 9.17 Å². The standard InChI is InChI=1S/C6H17N2OSSi/c1-6(2,3)11(4,5)8-10(7)9/h1-5H3,(H2,7,8,9)/q-1. The maximum absolute atomic E-state index is 10.7. The maximum atomic E-state index is 10.7. The van der Waals surface area contributed by atoms with Gasteiger partial charge in [0.05, 0.1) is 0 Å². The lowest BCUT2D eigenvalue weighted by atomic mass is 10.2. The minimum absolute atomic E-state index is 0.127. The van der Waals surface area contributed by atoms with Crippen LogP contribution < -0.4 is 5.14 Å². The van der Waals surface area contributed by atoms with Gasteiger partial charge in [0.15, 0.2) is 8.24 Å². The van der Waals surface area contributed by atoms with Crippen molar-refractivity contribution in [3.05, 3.63) is 0 Å². The zero-order valence-electron chi connectivity index (χ0n) is 7.84. The Morgan fingerprint density at radius 2 is 1.73 bits per heavy atom. The minimum Gasteiger partial charge on any atom is -0.431 e. The molecule has 0 radical (unpaired) electrons. The molecule has 3 nitrogen and oxygen atoms in total. The molecule has 0 bridgehead atoms. The average Bonchev–Trinajstić information content (AvgIpc) is 1.56. The van der Waals surface area contributed by atoms with Crippen molar-refractivity contribution in [1.82, 2.24) is 0 Å². The van der Waals surface area contributed by atoms with Gasteiger partial charge in [-0.1, -0.05) is 33.9 Å². The highest BCUT2D eigenvalue weighted by Gasteiger charge is 2.32. The number of nitrogens with zero attached hydrogens (tertiary/aromatic N) is 1. The summed E-state index contributed by atoms with van der Waals surface area (Å²) in [6.07, 6.45) is 0. The van der Waals surface area contributed by atoms with Crippen LogP contribution in [-0.4, -0.2) is 8.24 Å². The number of nitrogens with two attached hydrogens (primary N) is 1. The predicted molar refractivity (Wildman–Crippen MR) is 51.9 cm³/mol. The van der Waals surface area contributed by atoms with E-state index in [1.165, 1.54) is 0 Å². The van der Waals surface area contributed by atoms with E-state index >= 15 is 0 Å². The molecule has 0 aliphatic heterocycles. The van der Waals surface area contributed by atoms with Gasteiger partial charge in [-0.25, -0.2) is 0 Å². The van der Waals surface area contributed by atoms with Gasteiger partial charge in [-0.3, -0.25) is 0 Å². The Labute approximate surface area is 71.8 Å². The highest BCUT2D eigenvalue weighted by Crippen LogP contribution is 2.36. The molecule has 0 saturated heterocycles. The van der Waals surface area contributed by atoms with Gasteiger partial charge in [-0.05, 0) is 5.04 Å². The van der Waals surface area contributed by atoms with Crippen molar-refractivity contribution in [2.75, 3.05) is 0 Å². The van der Waals surface area contributed by atoms with Crippen LogP contribution in [0.5, 0.6) is 0 Å². The SMILES string of the molecule is CC(C)(C)[Si](C)(C)N=[S-](N)=O. The van der Waals surface area contributed by atoms with Crippen LogP contribution in [0.3, 0.4) is 0 Å². The Morgan fingerprint density at radius 1 is 1.36 bits per heavy atom. The monoisotopic (exact) mass is 193 g/mol. The first kappa shape index (κ1) is 11.1. The van der Waals surface area contributed by atoms with Crippen molar-refractivity contribution in [1.29, 1.82) is 0 Å². The molecule has 0 aromatic heterocycles. The van der Waals surface area contributed by atoms with Gasteiger partial charge in [-0.2, -0.15) is 0 Å². The molecule has 0 rings (SSSR count). The van der Waals surface area contributed by atoms with Crippen LogP contribution in [0.4, 0.5) is 0 Å². The summed E-state index contributed by atoms with van der Waals surface area (Å²) in [5.74, 6) is 0. The Bertz CT molecular complexity index is 213. The van der Waals surface area contributed by atoms with E-state index in [9.17, 15) is 4.21 Å². The van der Waals surface area contributed by atoms with E-state index in [0.29, 0.717) is 0 Å². The third kappa shape index (κ3) is 3.35. The fourth-order valence-electron chi connectivity index (χ4n) is 0.362. The van der Waals surface area contributed by atoms with Gasteiger partial charge in [0, 0.05) is 0 Å². The minimum atomic E-state index is -1.77. The predicted octanol–water partition coefficient (Wildman–Crippen LogP) is 2.01. The molecule has 2 N–H and O–H groups in total. The second kappa shape index (κ2) is 3.24. The fraction of sp³-hybridized carbons (Fsp3) is 1.00. The molecule has 0 aliphatic carbocycles. The number of rotatable bonds is 1. The first-order chi connectivity index (χ1) is 4.67. The molecule has 0 aliphatic rings. The van der Waals surface area contributed by atoms with Crippen molar-refractivity contribution in [2.45, 2.75) is 38.9 Å². The van der Waals surface area contributed by atoms with Gasteiger partial charge in [0.2, 0.25) is 0 Å². The van der Waals surface area contributed by atoms with Crippen LogP contribution in [0.25, 0.3) is 0 Å². The quantitative estimate of drug-likeness (QED) is 0.502. The van der Waals surface area contributed by atoms with E-state index in [4.69, 9.17) is 5.14 Å². The Balaban J connectivity index is 4.76. The van der Waals surface area contributed by atoms with E-state index < -0.39 is 19.0 Å². The summed E-state index contributed by atoms with van der Waals surface area (Å²) in [5, 5.41) is 5.24. The summed E-state index contributed by atoms with van der Waals surface area (Å²) >= 11 is 0. The second-order valence-electron chi connectivity index (χ2n) is 4.18. The number of hydrogen-bond acceptors (Lipinski definition) is 3. The van der Waals surface area contributed by atoms with Crippen LogP contribution in [0.15, 0.2) is 4.03 Å². The zero-order chi connectivity index (χ0) is 9.28. The van der Waals surface area contributed by atoms with Crippen LogP contribution in [0.2, 0.25) is 18.1 Å². The molecule has 0 fully saturated rings. The summed E-state index contributed by atoms with van der Waals surface area (Å²) in [7, 11) is -3.26. The molecule has 0 aromatic rings. The topological polar surface area (TPSA) is 55.4 Å². The number of hydrogen-bond donors (Lipinski definition) is 1. The van der Waals surface area contributed by atoms with Crippen molar-refractivity contribution >= 4 is 19.0 Å². The van der Waals surface area contributed by atoms with Gasteiger partial charge >= 0.3 is 0 Å². The first-order valence-corrected chi connectivity index (χ1v) is 7.68. The molecule has 0 unspecified atom stereocenters. The van der Waals surface area contributed by atoms with Crippen LogP contribution >= 0.6 is 0 Å². The molecule has 0 atom stereocenters. The zero-order valence-corrected chi connectivity index (χ0v) is 9.66. The summed E-state index contributed by atoms with van der Waals surface area (Å²) in [6.45, 7) is 10.5. The normalized spacial score (nSPS) is 16.9. The molecule has 0 saturated carbocycles. The van der Waals surface area contributed by atoms with E-state index in [1.54, 1.807) is 0 Å². The van der Waals surface area contributed by atoms with E-state index in [1.807, 2.05) is 0 Å². The summed E-state index contributed by atoms with van der Waals surface area (Å²) in [6, 6.07) is 0. The summed E-state index contributed by atoms with van der Waals surface area (Å²) in [5.41, 5.74) is 0. The average molecular weight is 193 g/mol. The lowest BCUT2D eigenvalue weighted by Crippen LogP contribution is -2.35. The molecular formula is C6H17N2OSSi-. The van der Waals surface area contributed by atoms with Crippen LogP contribution in [0, 0.1) is 0 Å². The lowest BCUT2D eigenvalue weighted by molar-refractivity contribution is 0.601. The van der Waals surface area contributed by atoms with Crippen molar-refractivity contribution in [3.8, 4) is 0 Å². The molecular weight excluding hydrogens is 176 g/mol. The van der Waals surface area contributed by atoms with E-state index in [-0.39, 0.29) is 5.04 Å². The second-order valence-corrected chi connectivity index (χ2v) is 10.1. The van der Waals surface area contributed by atoms with Gasteiger partial charge in [0.25, 0.3) is 0 Å². The van der Waals surface area contributed by atoms with E-state index in [2.05, 4.69) is 37.9 Å². The Kier molecular flexibility index (Phi) is 3.28. The molecule has 0 aromatic carbocycles. The molecule has 11 heavy (non-hydrogen) atoms. The Hall–Kier alpha value is 0.127. The van der Waals surface area contributed by atoms with Gasteiger partial charge in [0.1, 0.15) is 0 Å². The first-order valence-electron chi connectivity index (χ1n) is 3.56. The largest absolute Gasteiger partial charge is 0.431 e. The van der Waals surface area contributed by atoms with Crippen LogP contribution in [0.1, 0.15) is 20.8 Å².